The molecular weight excluding hydrogens is 246 g/mol. The second-order valence-corrected chi connectivity index (χ2v) is 6.78. The fraction of sp³-hybridized carbons (Fsp3) is 0.722. The first kappa shape index (κ1) is 17.0. The van der Waals surface area contributed by atoms with Crippen LogP contribution in [0.1, 0.15) is 60.3 Å². The van der Waals surface area contributed by atoms with Gasteiger partial charge in [0.1, 0.15) is 0 Å². The molecule has 0 aromatic carbocycles. The molecule has 1 aliphatic carbocycles. The van der Waals surface area contributed by atoms with E-state index in [9.17, 15) is 4.79 Å². The Kier molecular flexibility index (Phi) is 7.04. The highest BCUT2D eigenvalue weighted by molar-refractivity contribution is 5.81. The second-order valence-electron chi connectivity index (χ2n) is 6.78. The summed E-state index contributed by atoms with van der Waals surface area (Å²) in [6.07, 6.45) is 8.90. The summed E-state index contributed by atoms with van der Waals surface area (Å²) in [5, 5.41) is 0. The van der Waals surface area contributed by atoms with E-state index in [1.54, 1.807) is 0 Å². The van der Waals surface area contributed by atoms with Gasteiger partial charge in [0.05, 0.1) is 0 Å². The van der Waals surface area contributed by atoms with Crippen LogP contribution in [0.5, 0.6) is 0 Å². The summed E-state index contributed by atoms with van der Waals surface area (Å²) in [7, 11) is 0. The van der Waals surface area contributed by atoms with Crippen LogP contribution in [0.15, 0.2) is 23.3 Å². The van der Waals surface area contributed by atoms with Crippen LogP contribution in [0.2, 0.25) is 0 Å². The summed E-state index contributed by atoms with van der Waals surface area (Å²) in [6, 6.07) is 0. The van der Waals surface area contributed by atoms with E-state index in [-0.39, 0.29) is 0 Å². The second kappa shape index (κ2) is 8.28. The molecule has 0 N–H and O–H groups in total. The van der Waals surface area contributed by atoms with Crippen molar-refractivity contribution in [2.24, 2.45) is 11.8 Å². The summed E-state index contributed by atoms with van der Waals surface area (Å²) in [5.74, 6) is 1.23. The first-order valence-corrected chi connectivity index (χ1v) is 7.98. The maximum absolute atomic E-state index is 12.2. The summed E-state index contributed by atoms with van der Waals surface area (Å²) in [4.78, 5) is 14.3. The Morgan fingerprint density at radius 1 is 1.20 bits per heavy atom. The van der Waals surface area contributed by atoms with Crippen LogP contribution in [0.4, 0.5) is 0 Å². The predicted molar refractivity (Wildman–Crippen MR) is 86.6 cm³/mol. The van der Waals surface area contributed by atoms with E-state index < -0.39 is 0 Å². The number of carbonyl (C=O) groups is 1. The Bertz CT molecular complexity index is 371. The van der Waals surface area contributed by atoms with Gasteiger partial charge in [0.15, 0.2) is 0 Å². The van der Waals surface area contributed by atoms with Crippen molar-refractivity contribution >= 4 is 5.91 Å². The van der Waals surface area contributed by atoms with Crippen molar-refractivity contribution in [3.63, 3.8) is 0 Å². The first-order chi connectivity index (χ1) is 9.40. The van der Waals surface area contributed by atoms with Gasteiger partial charge in [0.2, 0.25) is 5.91 Å². The van der Waals surface area contributed by atoms with Crippen LogP contribution < -0.4 is 0 Å². The summed E-state index contributed by atoms with van der Waals surface area (Å²) in [6.45, 7) is 12.5. The standard InChI is InChI=1S/C18H31NO/c1-14(2)7-6-8-16(5)11-12-19(13-15(3)4)18(20)17-9-10-17/h7,11,15,17H,6,8-10,12-13H2,1-5H3. The Balaban J connectivity index is 2.47. The summed E-state index contributed by atoms with van der Waals surface area (Å²) < 4.78 is 0. The molecule has 2 nitrogen and oxygen atoms in total. The summed E-state index contributed by atoms with van der Waals surface area (Å²) in [5.41, 5.74) is 2.77. The van der Waals surface area contributed by atoms with Crippen molar-refractivity contribution in [3.05, 3.63) is 23.3 Å². The highest BCUT2D eigenvalue weighted by Crippen LogP contribution is 2.31. The Morgan fingerprint density at radius 2 is 1.85 bits per heavy atom. The van der Waals surface area contributed by atoms with Crippen LogP contribution in [0.25, 0.3) is 0 Å². The number of rotatable bonds is 8. The lowest BCUT2D eigenvalue weighted by molar-refractivity contribution is -0.132. The number of hydrogen-bond acceptors (Lipinski definition) is 1. The van der Waals surface area contributed by atoms with E-state index in [4.69, 9.17) is 0 Å². The average molecular weight is 277 g/mol. The maximum atomic E-state index is 12.2. The first-order valence-electron chi connectivity index (χ1n) is 7.98. The van der Waals surface area contributed by atoms with E-state index in [0.29, 0.717) is 17.7 Å². The fourth-order valence-electron chi connectivity index (χ4n) is 2.24. The lowest BCUT2D eigenvalue weighted by Crippen LogP contribution is -2.35. The average Bonchev–Trinajstić information content (AvgIpc) is 3.16. The topological polar surface area (TPSA) is 20.3 Å². The maximum Gasteiger partial charge on any atom is 0.225 e. The smallest absolute Gasteiger partial charge is 0.225 e. The number of nitrogens with zero attached hydrogens (tertiary/aromatic N) is 1. The molecule has 0 aromatic rings. The molecule has 0 atom stereocenters. The minimum atomic E-state index is 0.327. The molecule has 0 spiro atoms. The zero-order chi connectivity index (χ0) is 15.1. The number of allylic oxidation sites excluding steroid dienone is 3. The van der Waals surface area contributed by atoms with E-state index >= 15 is 0 Å². The quantitative estimate of drug-likeness (QED) is 0.595. The van der Waals surface area contributed by atoms with Gasteiger partial charge in [0, 0.05) is 19.0 Å². The zero-order valence-electron chi connectivity index (χ0n) is 13.9. The monoisotopic (exact) mass is 277 g/mol. The van der Waals surface area contributed by atoms with Crippen LogP contribution in [0, 0.1) is 11.8 Å². The van der Waals surface area contributed by atoms with Gasteiger partial charge in [-0.1, -0.05) is 37.1 Å². The fourth-order valence-corrected chi connectivity index (χ4v) is 2.24. The zero-order valence-corrected chi connectivity index (χ0v) is 13.9. The molecule has 0 bridgehead atoms. The van der Waals surface area contributed by atoms with Gasteiger partial charge in [-0.2, -0.15) is 0 Å². The third-order valence-corrected chi connectivity index (χ3v) is 3.58. The molecule has 20 heavy (non-hydrogen) atoms. The van der Waals surface area contributed by atoms with Crippen LogP contribution in [0.3, 0.4) is 0 Å². The molecular formula is C18H31NO. The number of carbonyl (C=O) groups excluding carboxylic acids is 1. The molecule has 0 aliphatic heterocycles. The van der Waals surface area contributed by atoms with Gasteiger partial charge in [-0.25, -0.2) is 0 Å². The normalized spacial score (nSPS) is 15.4. The molecule has 2 heteroatoms. The molecule has 1 rings (SSSR count). The van der Waals surface area contributed by atoms with E-state index in [1.807, 2.05) is 4.90 Å². The van der Waals surface area contributed by atoms with Crippen molar-refractivity contribution < 1.29 is 4.79 Å². The van der Waals surface area contributed by atoms with E-state index in [2.05, 4.69) is 46.8 Å². The van der Waals surface area contributed by atoms with Crippen molar-refractivity contribution in [1.29, 1.82) is 0 Å². The number of amides is 1. The minimum Gasteiger partial charge on any atom is -0.338 e. The van der Waals surface area contributed by atoms with Gasteiger partial charge < -0.3 is 4.90 Å². The molecule has 1 aliphatic rings. The Morgan fingerprint density at radius 3 is 2.35 bits per heavy atom. The van der Waals surface area contributed by atoms with Gasteiger partial charge in [-0.3, -0.25) is 4.79 Å². The Labute approximate surface area is 124 Å². The van der Waals surface area contributed by atoms with Crippen LogP contribution >= 0.6 is 0 Å². The molecule has 0 heterocycles. The van der Waals surface area contributed by atoms with Crippen molar-refractivity contribution in [1.82, 2.24) is 4.90 Å². The Hall–Kier alpha value is -1.05. The molecule has 1 fully saturated rings. The third-order valence-electron chi connectivity index (χ3n) is 3.58. The molecule has 114 valence electrons. The van der Waals surface area contributed by atoms with Gasteiger partial charge >= 0.3 is 0 Å². The predicted octanol–water partition coefficient (Wildman–Crippen LogP) is 4.57. The molecule has 0 radical (unpaired) electrons. The molecule has 1 amide bonds. The molecule has 0 saturated heterocycles. The molecule has 0 unspecified atom stereocenters. The van der Waals surface area contributed by atoms with Crippen molar-refractivity contribution in [2.75, 3.05) is 13.1 Å². The molecule has 0 aromatic heterocycles. The summed E-state index contributed by atoms with van der Waals surface area (Å²) >= 11 is 0. The molecule has 1 saturated carbocycles. The number of hydrogen-bond donors (Lipinski definition) is 0. The highest BCUT2D eigenvalue weighted by atomic mass is 16.2. The van der Waals surface area contributed by atoms with Crippen LogP contribution in [-0.2, 0) is 4.79 Å². The van der Waals surface area contributed by atoms with E-state index in [1.165, 1.54) is 11.1 Å². The minimum absolute atomic E-state index is 0.327. The SMILES string of the molecule is CC(C)=CCCC(C)=CCN(CC(C)C)C(=O)C1CC1. The van der Waals surface area contributed by atoms with Crippen LogP contribution in [-0.4, -0.2) is 23.9 Å². The van der Waals surface area contributed by atoms with Gasteiger partial charge in [-0.15, -0.1) is 0 Å². The highest BCUT2D eigenvalue weighted by Gasteiger charge is 2.33. The van der Waals surface area contributed by atoms with Gasteiger partial charge in [0.25, 0.3) is 0 Å². The van der Waals surface area contributed by atoms with Gasteiger partial charge in [-0.05, 0) is 52.4 Å². The van der Waals surface area contributed by atoms with E-state index in [0.717, 1.165) is 38.8 Å². The third kappa shape index (κ3) is 6.93. The lowest BCUT2D eigenvalue weighted by Gasteiger charge is -2.23. The van der Waals surface area contributed by atoms with Crippen molar-refractivity contribution in [2.45, 2.75) is 60.3 Å². The largest absolute Gasteiger partial charge is 0.338 e. The lowest BCUT2D eigenvalue weighted by atomic mass is 10.1. The van der Waals surface area contributed by atoms with Crippen molar-refractivity contribution in [3.8, 4) is 0 Å².